The number of methoxy groups -OCH3 is 3. The molecule has 0 aliphatic rings. The van der Waals surface area contributed by atoms with Crippen molar-refractivity contribution in [3.63, 3.8) is 0 Å². The van der Waals surface area contributed by atoms with Crippen LogP contribution in [0.1, 0.15) is 10.4 Å². The average molecular weight is 365 g/mol. The number of hydrogen-bond acceptors (Lipinski definition) is 7. The number of imidazole rings is 1. The topological polar surface area (TPSA) is 91.7 Å². The lowest BCUT2D eigenvalue weighted by atomic mass is 10.1. The molecular formula is C16H19N3O5S. The molecule has 2 aromatic rings. The molecule has 1 aromatic heterocycles. The summed E-state index contributed by atoms with van der Waals surface area (Å²) in [4.78, 5) is 28.4. The van der Waals surface area contributed by atoms with Gasteiger partial charge in [-0.1, -0.05) is 11.8 Å². The van der Waals surface area contributed by atoms with Crippen molar-refractivity contribution in [1.82, 2.24) is 9.55 Å². The first-order valence-electron chi connectivity index (χ1n) is 7.24. The Morgan fingerprint density at radius 3 is 2.44 bits per heavy atom. The summed E-state index contributed by atoms with van der Waals surface area (Å²) in [7, 11) is 6.04. The molecule has 1 aromatic carbocycles. The molecule has 25 heavy (non-hydrogen) atoms. The Hall–Kier alpha value is -2.68. The van der Waals surface area contributed by atoms with Crippen LogP contribution in [0.15, 0.2) is 29.7 Å². The van der Waals surface area contributed by atoms with E-state index in [9.17, 15) is 9.59 Å². The van der Waals surface area contributed by atoms with Gasteiger partial charge < -0.3 is 24.1 Å². The van der Waals surface area contributed by atoms with Crippen LogP contribution in [0.2, 0.25) is 0 Å². The van der Waals surface area contributed by atoms with E-state index in [0.717, 1.165) is 5.16 Å². The van der Waals surface area contributed by atoms with Gasteiger partial charge in [0.05, 0.1) is 38.3 Å². The van der Waals surface area contributed by atoms with E-state index in [0.29, 0.717) is 11.5 Å². The van der Waals surface area contributed by atoms with Crippen molar-refractivity contribution in [3.8, 4) is 11.5 Å². The number of carbonyl (C=O) groups excluding carboxylic acids is 2. The van der Waals surface area contributed by atoms with E-state index in [2.05, 4.69) is 10.3 Å². The van der Waals surface area contributed by atoms with Gasteiger partial charge in [0.25, 0.3) is 0 Å². The molecule has 1 amide bonds. The van der Waals surface area contributed by atoms with Crippen LogP contribution in [0, 0.1) is 0 Å². The minimum absolute atomic E-state index is 0.139. The summed E-state index contributed by atoms with van der Waals surface area (Å²) in [6.07, 6.45) is 3.45. The van der Waals surface area contributed by atoms with E-state index < -0.39 is 5.97 Å². The van der Waals surface area contributed by atoms with Crippen molar-refractivity contribution >= 4 is 29.3 Å². The zero-order chi connectivity index (χ0) is 18.4. The summed E-state index contributed by atoms with van der Waals surface area (Å²) in [5.74, 6) is 0.0173. The second-order valence-electron chi connectivity index (χ2n) is 4.90. The molecule has 0 atom stereocenters. The summed E-state index contributed by atoms with van der Waals surface area (Å²) >= 11 is 1.29. The SMILES string of the molecule is COC(=O)c1cc(OC)c(OC)cc1NC(=O)CSc1nccn1C. The van der Waals surface area contributed by atoms with Crippen molar-refractivity contribution in [2.45, 2.75) is 5.16 Å². The summed E-state index contributed by atoms with van der Waals surface area (Å²) in [5, 5.41) is 3.42. The number of thioether (sulfide) groups is 1. The molecule has 134 valence electrons. The number of nitrogens with one attached hydrogen (secondary N) is 1. The number of rotatable bonds is 7. The molecule has 0 aliphatic carbocycles. The number of esters is 1. The van der Waals surface area contributed by atoms with Crippen molar-refractivity contribution in [3.05, 3.63) is 30.1 Å². The van der Waals surface area contributed by atoms with Crippen LogP contribution < -0.4 is 14.8 Å². The predicted molar refractivity (Wildman–Crippen MR) is 93.4 cm³/mol. The van der Waals surface area contributed by atoms with Crippen LogP contribution in [0.4, 0.5) is 5.69 Å². The van der Waals surface area contributed by atoms with Gasteiger partial charge in [-0.05, 0) is 0 Å². The lowest BCUT2D eigenvalue weighted by molar-refractivity contribution is -0.113. The fourth-order valence-electron chi connectivity index (χ4n) is 2.07. The number of aryl methyl sites for hydroxylation is 1. The third-order valence-corrected chi connectivity index (χ3v) is 4.37. The Morgan fingerprint density at radius 2 is 1.88 bits per heavy atom. The lowest BCUT2D eigenvalue weighted by Gasteiger charge is -2.14. The molecule has 0 fully saturated rings. The molecule has 0 saturated heterocycles. The number of aromatic nitrogens is 2. The van der Waals surface area contributed by atoms with Gasteiger partial charge in [-0.2, -0.15) is 0 Å². The molecule has 0 radical (unpaired) electrons. The minimum atomic E-state index is -0.590. The predicted octanol–water partition coefficient (Wildman–Crippen LogP) is 1.95. The monoisotopic (exact) mass is 365 g/mol. The van der Waals surface area contributed by atoms with Crippen LogP contribution in [0.5, 0.6) is 11.5 Å². The fraction of sp³-hybridized carbons (Fsp3) is 0.312. The highest BCUT2D eigenvalue weighted by Crippen LogP contribution is 2.34. The van der Waals surface area contributed by atoms with Gasteiger partial charge in [-0.15, -0.1) is 0 Å². The van der Waals surface area contributed by atoms with Crippen molar-refractivity contribution in [2.24, 2.45) is 7.05 Å². The van der Waals surface area contributed by atoms with Crippen molar-refractivity contribution < 1.29 is 23.8 Å². The maximum atomic E-state index is 12.2. The Morgan fingerprint density at radius 1 is 1.20 bits per heavy atom. The number of amides is 1. The van der Waals surface area contributed by atoms with Gasteiger partial charge in [0, 0.05) is 31.6 Å². The number of anilines is 1. The Bertz CT molecular complexity index is 775. The fourth-order valence-corrected chi connectivity index (χ4v) is 2.80. The summed E-state index contributed by atoms with van der Waals surface area (Å²) in [6.45, 7) is 0. The zero-order valence-corrected chi connectivity index (χ0v) is 15.2. The Kier molecular flexibility index (Phi) is 6.29. The Balaban J connectivity index is 2.19. The Labute approximate surface area is 149 Å². The van der Waals surface area contributed by atoms with Crippen LogP contribution in [0.3, 0.4) is 0 Å². The lowest BCUT2D eigenvalue weighted by Crippen LogP contribution is -2.17. The molecular weight excluding hydrogens is 346 g/mol. The highest BCUT2D eigenvalue weighted by Gasteiger charge is 2.19. The van der Waals surface area contributed by atoms with Gasteiger partial charge in [0.2, 0.25) is 5.91 Å². The molecule has 0 bridgehead atoms. The first kappa shape index (κ1) is 18.7. The van der Waals surface area contributed by atoms with E-state index in [4.69, 9.17) is 14.2 Å². The number of ether oxygens (including phenoxy) is 3. The van der Waals surface area contributed by atoms with Crippen molar-refractivity contribution in [1.29, 1.82) is 0 Å². The minimum Gasteiger partial charge on any atom is -0.493 e. The first-order valence-corrected chi connectivity index (χ1v) is 8.23. The highest BCUT2D eigenvalue weighted by atomic mass is 32.2. The quantitative estimate of drug-likeness (QED) is 0.592. The highest BCUT2D eigenvalue weighted by molar-refractivity contribution is 7.99. The second-order valence-corrected chi connectivity index (χ2v) is 5.84. The third-order valence-electron chi connectivity index (χ3n) is 3.31. The molecule has 1 heterocycles. The van der Waals surface area contributed by atoms with Crippen LogP contribution >= 0.6 is 11.8 Å². The van der Waals surface area contributed by atoms with Gasteiger partial charge in [0.1, 0.15) is 0 Å². The normalized spacial score (nSPS) is 10.2. The number of carbonyl (C=O) groups is 2. The van der Waals surface area contributed by atoms with Crippen molar-refractivity contribution in [2.75, 3.05) is 32.4 Å². The molecule has 0 aliphatic heterocycles. The molecule has 0 spiro atoms. The second kappa shape index (κ2) is 8.43. The first-order chi connectivity index (χ1) is 12.0. The van der Waals surface area contributed by atoms with Crippen LogP contribution in [-0.4, -0.2) is 48.5 Å². The largest absolute Gasteiger partial charge is 0.493 e. The smallest absolute Gasteiger partial charge is 0.340 e. The van der Waals surface area contributed by atoms with E-state index >= 15 is 0 Å². The van der Waals surface area contributed by atoms with Crippen LogP contribution in [-0.2, 0) is 16.6 Å². The molecule has 0 saturated carbocycles. The standard InChI is InChI=1S/C16H19N3O5S/c1-19-6-5-17-16(19)25-9-14(20)18-11-8-13(23-3)12(22-2)7-10(11)15(21)24-4/h5-8H,9H2,1-4H3,(H,18,20). The molecule has 8 nitrogen and oxygen atoms in total. The maximum Gasteiger partial charge on any atom is 0.340 e. The third kappa shape index (κ3) is 4.44. The van der Waals surface area contributed by atoms with Gasteiger partial charge >= 0.3 is 5.97 Å². The van der Waals surface area contributed by atoms with E-state index in [-0.39, 0.29) is 22.9 Å². The van der Waals surface area contributed by atoms with Gasteiger partial charge in [0.15, 0.2) is 16.7 Å². The average Bonchev–Trinajstić information content (AvgIpc) is 3.03. The van der Waals surface area contributed by atoms with E-state index in [1.54, 1.807) is 12.4 Å². The molecule has 2 rings (SSSR count). The van der Waals surface area contributed by atoms with Gasteiger partial charge in [-0.3, -0.25) is 4.79 Å². The summed E-state index contributed by atoms with van der Waals surface area (Å²) in [6, 6.07) is 2.99. The zero-order valence-electron chi connectivity index (χ0n) is 14.4. The maximum absolute atomic E-state index is 12.2. The number of benzene rings is 1. The molecule has 1 N–H and O–H groups in total. The molecule has 9 heteroatoms. The number of nitrogens with zero attached hydrogens (tertiary/aromatic N) is 2. The van der Waals surface area contributed by atoms with Crippen LogP contribution in [0.25, 0.3) is 0 Å². The number of hydrogen-bond donors (Lipinski definition) is 1. The van der Waals surface area contributed by atoms with Gasteiger partial charge in [-0.25, -0.2) is 9.78 Å². The van der Waals surface area contributed by atoms with E-state index in [1.807, 2.05) is 11.6 Å². The van der Waals surface area contributed by atoms with E-state index in [1.165, 1.54) is 45.2 Å². The summed E-state index contributed by atoms with van der Waals surface area (Å²) < 4.78 is 17.0. The molecule has 0 unspecified atom stereocenters. The summed E-state index contributed by atoms with van der Waals surface area (Å²) in [5.41, 5.74) is 0.463.